The molecule has 100 valence electrons. The van der Waals surface area contributed by atoms with Gasteiger partial charge in [0.05, 0.1) is 0 Å². The van der Waals surface area contributed by atoms with Crippen LogP contribution in [0.1, 0.15) is 18.4 Å². The minimum absolute atomic E-state index is 0.218. The maximum Gasteiger partial charge on any atom is 0.129 e. The molecule has 0 aromatic heterocycles. The monoisotopic (exact) mass is 253 g/mol. The van der Waals surface area contributed by atoms with Crippen molar-refractivity contribution in [2.75, 3.05) is 26.4 Å². The Hall–Kier alpha value is -1.13. The van der Waals surface area contributed by atoms with Crippen molar-refractivity contribution in [1.29, 1.82) is 0 Å². The number of rotatable bonds is 5. The van der Waals surface area contributed by atoms with Gasteiger partial charge < -0.3 is 14.8 Å². The lowest BCUT2D eigenvalue weighted by molar-refractivity contribution is 0.0770. The highest BCUT2D eigenvalue weighted by molar-refractivity contribution is 5.27. The van der Waals surface area contributed by atoms with Crippen LogP contribution in [-0.2, 0) is 4.74 Å². The molecule has 0 spiro atoms. The predicted molar refractivity (Wildman–Crippen MR) is 68.5 cm³/mol. The molecule has 1 fully saturated rings. The zero-order chi connectivity index (χ0) is 12.8. The van der Waals surface area contributed by atoms with Gasteiger partial charge in [-0.2, -0.15) is 0 Å². The number of aryl methyl sites for hydroxylation is 1. The van der Waals surface area contributed by atoms with Crippen LogP contribution in [0.3, 0.4) is 0 Å². The second-order valence-electron chi connectivity index (χ2n) is 4.60. The second kappa shape index (κ2) is 6.71. The number of hydrogen-bond acceptors (Lipinski definition) is 3. The average Bonchev–Trinajstić information content (AvgIpc) is 2.40. The third kappa shape index (κ3) is 3.96. The predicted octanol–water partition coefficient (Wildman–Crippen LogP) is 2.28. The Balaban J connectivity index is 1.66. The SMILES string of the molecule is Cc1ccc(OCCNC2CCOCC2)cc1F. The van der Waals surface area contributed by atoms with E-state index in [0.717, 1.165) is 32.6 Å². The quantitative estimate of drug-likeness (QED) is 0.817. The van der Waals surface area contributed by atoms with Gasteiger partial charge in [-0.3, -0.25) is 0 Å². The van der Waals surface area contributed by atoms with Crippen molar-refractivity contribution in [1.82, 2.24) is 5.32 Å². The molecular formula is C14H20FNO2. The van der Waals surface area contributed by atoms with Gasteiger partial charge >= 0.3 is 0 Å². The van der Waals surface area contributed by atoms with Gasteiger partial charge in [-0.25, -0.2) is 4.39 Å². The van der Waals surface area contributed by atoms with Crippen LogP contribution in [0.15, 0.2) is 18.2 Å². The van der Waals surface area contributed by atoms with Crippen molar-refractivity contribution >= 4 is 0 Å². The van der Waals surface area contributed by atoms with Crippen LogP contribution in [-0.4, -0.2) is 32.4 Å². The van der Waals surface area contributed by atoms with Gasteiger partial charge in [-0.1, -0.05) is 6.07 Å². The molecule has 0 radical (unpaired) electrons. The van der Waals surface area contributed by atoms with E-state index in [1.807, 2.05) is 0 Å². The van der Waals surface area contributed by atoms with Crippen LogP contribution in [0, 0.1) is 12.7 Å². The molecule has 0 bridgehead atoms. The van der Waals surface area contributed by atoms with Crippen LogP contribution < -0.4 is 10.1 Å². The van der Waals surface area contributed by atoms with Crippen molar-refractivity contribution in [3.63, 3.8) is 0 Å². The van der Waals surface area contributed by atoms with E-state index in [-0.39, 0.29) is 5.82 Å². The molecule has 1 N–H and O–H groups in total. The average molecular weight is 253 g/mol. The molecule has 2 rings (SSSR count). The van der Waals surface area contributed by atoms with E-state index in [1.165, 1.54) is 6.07 Å². The maximum atomic E-state index is 13.3. The van der Waals surface area contributed by atoms with Crippen molar-refractivity contribution in [3.05, 3.63) is 29.6 Å². The van der Waals surface area contributed by atoms with Gasteiger partial charge in [-0.15, -0.1) is 0 Å². The van der Waals surface area contributed by atoms with E-state index < -0.39 is 0 Å². The lowest BCUT2D eigenvalue weighted by Crippen LogP contribution is -2.37. The number of benzene rings is 1. The molecule has 0 atom stereocenters. The Morgan fingerprint density at radius 2 is 2.17 bits per heavy atom. The van der Waals surface area contributed by atoms with E-state index in [0.29, 0.717) is 24.0 Å². The number of nitrogens with one attached hydrogen (secondary N) is 1. The number of halogens is 1. The van der Waals surface area contributed by atoms with Crippen LogP contribution in [0.5, 0.6) is 5.75 Å². The fourth-order valence-electron chi connectivity index (χ4n) is 2.00. The molecule has 0 saturated carbocycles. The Morgan fingerprint density at radius 1 is 1.39 bits per heavy atom. The Kier molecular flexibility index (Phi) is 4.96. The molecule has 1 saturated heterocycles. The highest BCUT2D eigenvalue weighted by Gasteiger charge is 2.12. The molecule has 18 heavy (non-hydrogen) atoms. The summed E-state index contributed by atoms with van der Waals surface area (Å²) in [6.45, 7) is 4.75. The first-order valence-corrected chi connectivity index (χ1v) is 6.46. The summed E-state index contributed by atoms with van der Waals surface area (Å²) in [5.74, 6) is 0.372. The Morgan fingerprint density at radius 3 is 2.89 bits per heavy atom. The van der Waals surface area contributed by atoms with E-state index in [1.54, 1.807) is 19.1 Å². The summed E-state index contributed by atoms with van der Waals surface area (Å²) in [4.78, 5) is 0. The highest BCUT2D eigenvalue weighted by Crippen LogP contribution is 2.15. The standard InChI is InChI=1S/C14H20FNO2/c1-11-2-3-13(10-14(11)15)18-9-6-16-12-4-7-17-8-5-12/h2-3,10,12,16H,4-9H2,1H3. The molecular weight excluding hydrogens is 233 g/mol. The Labute approximate surface area is 107 Å². The molecule has 0 unspecified atom stereocenters. The molecule has 1 aromatic carbocycles. The first-order valence-electron chi connectivity index (χ1n) is 6.46. The van der Waals surface area contributed by atoms with E-state index >= 15 is 0 Å². The highest BCUT2D eigenvalue weighted by atomic mass is 19.1. The van der Waals surface area contributed by atoms with Crippen LogP contribution in [0.2, 0.25) is 0 Å². The fraction of sp³-hybridized carbons (Fsp3) is 0.571. The van der Waals surface area contributed by atoms with Crippen LogP contribution in [0.4, 0.5) is 4.39 Å². The molecule has 1 heterocycles. The van der Waals surface area contributed by atoms with Gasteiger partial charge in [0.15, 0.2) is 0 Å². The maximum absolute atomic E-state index is 13.3. The zero-order valence-corrected chi connectivity index (χ0v) is 10.7. The minimum atomic E-state index is -0.218. The first-order chi connectivity index (χ1) is 8.75. The summed E-state index contributed by atoms with van der Waals surface area (Å²) in [6, 6.07) is 5.49. The summed E-state index contributed by atoms with van der Waals surface area (Å²) < 4.78 is 24.1. The molecule has 0 amide bonds. The van der Waals surface area contributed by atoms with Crippen molar-refractivity contribution in [2.45, 2.75) is 25.8 Å². The van der Waals surface area contributed by atoms with E-state index in [2.05, 4.69) is 5.32 Å². The molecule has 1 aliphatic heterocycles. The minimum Gasteiger partial charge on any atom is -0.492 e. The van der Waals surface area contributed by atoms with Gasteiger partial charge in [0, 0.05) is 31.9 Å². The second-order valence-corrected chi connectivity index (χ2v) is 4.60. The van der Waals surface area contributed by atoms with Crippen molar-refractivity contribution in [3.8, 4) is 5.75 Å². The zero-order valence-electron chi connectivity index (χ0n) is 10.7. The summed E-state index contributed by atoms with van der Waals surface area (Å²) >= 11 is 0. The molecule has 0 aliphatic carbocycles. The normalized spacial score (nSPS) is 16.8. The molecule has 1 aromatic rings. The first kappa shape index (κ1) is 13.3. The lowest BCUT2D eigenvalue weighted by Gasteiger charge is -2.23. The summed E-state index contributed by atoms with van der Waals surface area (Å²) in [7, 11) is 0. The molecule has 4 heteroatoms. The van der Waals surface area contributed by atoms with Gasteiger partial charge in [0.25, 0.3) is 0 Å². The van der Waals surface area contributed by atoms with Gasteiger partial charge in [-0.05, 0) is 31.4 Å². The topological polar surface area (TPSA) is 30.5 Å². The lowest BCUT2D eigenvalue weighted by atomic mass is 10.1. The number of hydrogen-bond donors (Lipinski definition) is 1. The van der Waals surface area contributed by atoms with Gasteiger partial charge in [0.1, 0.15) is 18.2 Å². The van der Waals surface area contributed by atoms with Gasteiger partial charge in [0.2, 0.25) is 0 Å². The third-order valence-corrected chi connectivity index (χ3v) is 3.17. The Bertz CT molecular complexity index is 378. The summed E-state index contributed by atoms with van der Waals surface area (Å²) in [5, 5.41) is 3.42. The van der Waals surface area contributed by atoms with E-state index in [9.17, 15) is 4.39 Å². The third-order valence-electron chi connectivity index (χ3n) is 3.17. The summed E-state index contributed by atoms with van der Waals surface area (Å²) in [5.41, 5.74) is 0.641. The molecule has 1 aliphatic rings. The molecule has 3 nitrogen and oxygen atoms in total. The number of ether oxygens (including phenoxy) is 2. The largest absolute Gasteiger partial charge is 0.492 e. The smallest absolute Gasteiger partial charge is 0.129 e. The summed E-state index contributed by atoms with van der Waals surface area (Å²) in [6.07, 6.45) is 2.11. The van der Waals surface area contributed by atoms with E-state index in [4.69, 9.17) is 9.47 Å². The van der Waals surface area contributed by atoms with Crippen LogP contribution in [0.25, 0.3) is 0 Å². The van der Waals surface area contributed by atoms with Crippen molar-refractivity contribution < 1.29 is 13.9 Å². The van der Waals surface area contributed by atoms with Crippen LogP contribution >= 0.6 is 0 Å². The fourth-order valence-corrected chi connectivity index (χ4v) is 2.00. The van der Waals surface area contributed by atoms with Crippen molar-refractivity contribution in [2.24, 2.45) is 0 Å².